The number of hydrogen-bond acceptors (Lipinski definition) is 4. The van der Waals surface area contributed by atoms with Crippen molar-refractivity contribution in [3.63, 3.8) is 0 Å². The smallest absolute Gasteiger partial charge is 0.243 e. The number of aliphatic hydroxyl groups is 1. The van der Waals surface area contributed by atoms with Gasteiger partial charge in [0.25, 0.3) is 0 Å². The van der Waals surface area contributed by atoms with E-state index in [-0.39, 0.29) is 19.7 Å². The molecule has 20 heavy (non-hydrogen) atoms. The zero-order chi connectivity index (χ0) is 15.3. The summed E-state index contributed by atoms with van der Waals surface area (Å²) in [6, 6.07) is 3.71. The van der Waals surface area contributed by atoms with Crippen LogP contribution in [0.15, 0.2) is 17.0 Å². The van der Waals surface area contributed by atoms with E-state index in [9.17, 15) is 8.42 Å². The van der Waals surface area contributed by atoms with E-state index in [1.165, 1.54) is 11.4 Å². The van der Waals surface area contributed by atoms with Crippen molar-refractivity contribution < 1.29 is 18.3 Å². The van der Waals surface area contributed by atoms with Crippen molar-refractivity contribution in [3.05, 3.63) is 28.8 Å². The van der Waals surface area contributed by atoms with Crippen LogP contribution >= 0.6 is 0 Å². The van der Waals surface area contributed by atoms with Crippen LogP contribution in [0.2, 0.25) is 0 Å². The lowest BCUT2D eigenvalue weighted by molar-refractivity contribution is 0.168. The Morgan fingerprint density at radius 3 is 2.15 bits per heavy atom. The van der Waals surface area contributed by atoms with Gasteiger partial charge in [-0.05, 0) is 31.9 Å². The highest BCUT2D eigenvalue weighted by molar-refractivity contribution is 7.89. The lowest BCUT2D eigenvalue weighted by atomic mass is 10.1. The van der Waals surface area contributed by atoms with Crippen molar-refractivity contribution in [2.45, 2.75) is 25.7 Å². The maximum Gasteiger partial charge on any atom is 0.243 e. The van der Waals surface area contributed by atoms with Crippen LogP contribution in [0.5, 0.6) is 0 Å². The molecule has 114 valence electrons. The van der Waals surface area contributed by atoms with Crippen LogP contribution in [0.4, 0.5) is 0 Å². The molecule has 1 N–H and O–H groups in total. The number of aryl methyl sites for hydroxylation is 3. The van der Waals surface area contributed by atoms with Gasteiger partial charge in [-0.2, -0.15) is 4.31 Å². The Morgan fingerprint density at radius 2 is 1.70 bits per heavy atom. The van der Waals surface area contributed by atoms with E-state index >= 15 is 0 Å². The molecule has 0 bridgehead atoms. The number of aliphatic hydroxyl groups excluding tert-OH is 1. The molecule has 5 nitrogen and oxygen atoms in total. The lowest BCUT2D eigenvalue weighted by Gasteiger charge is -2.23. The molecule has 0 saturated carbocycles. The summed E-state index contributed by atoms with van der Waals surface area (Å²) in [7, 11) is -2.10. The fraction of sp³-hybridized carbons (Fsp3) is 0.571. The largest absolute Gasteiger partial charge is 0.395 e. The van der Waals surface area contributed by atoms with Gasteiger partial charge in [-0.3, -0.25) is 0 Å². The Morgan fingerprint density at radius 1 is 1.15 bits per heavy atom. The van der Waals surface area contributed by atoms with Crippen molar-refractivity contribution in [1.29, 1.82) is 0 Å². The second kappa shape index (κ2) is 7.17. The van der Waals surface area contributed by atoms with Gasteiger partial charge < -0.3 is 9.84 Å². The second-order valence-corrected chi connectivity index (χ2v) is 6.72. The lowest BCUT2D eigenvalue weighted by Crippen LogP contribution is -2.36. The summed E-state index contributed by atoms with van der Waals surface area (Å²) in [5, 5.41) is 9.08. The molecular formula is C14H23NO4S. The highest BCUT2D eigenvalue weighted by Crippen LogP contribution is 2.25. The van der Waals surface area contributed by atoms with E-state index in [0.29, 0.717) is 11.5 Å². The molecule has 1 aromatic rings. The van der Waals surface area contributed by atoms with Crippen LogP contribution in [0.25, 0.3) is 0 Å². The maximum atomic E-state index is 12.7. The standard InChI is InChI=1S/C14H23NO4S/c1-11-9-12(2)14(13(3)10-11)20(17,18)15(5-7-16)6-8-19-4/h9-10,16H,5-8H2,1-4H3. The molecule has 0 amide bonds. The van der Waals surface area contributed by atoms with Crippen molar-refractivity contribution in [2.24, 2.45) is 0 Å². The number of nitrogens with zero attached hydrogens (tertiary/aromatic N) is 1. The first kappa shape index (κ1) is 17.1. The maximum absolute atomic E-state index is 12.7. The Bertz CT molecular complexity index is 531. The van der Waals surface area contributed by atoms with Gasteiger partial charge in [-0.15, -0.1) is 0 Å². The van der Waals surface area contributed by atoms with Crippen LogP contribution in [-0.2, 0) is 14.8 Å². The van der Waals surface area contributed by atoms with Crippen molar-refractivity contribution in [1.82, 2.24) is 4.31 Å². The first-order chi connectivity index (χ1) is 9.34. The van der Waals surface area contributed by atoms with Crippen LogP contribution in [0, 0.1) is 20.8 Å². The summed E-state index contributed by atoms with van der Waals surface area (Å²) in [5.41, 5.74) is 2.48. The van der Waals surface area contributed by atoms with E-state index in [0.717, 1.165) is 16.7 Å². The van der Waals surface area contributed by atoms with Gasteiger partial charge in [-0.25, -0.2) is 8.42 Å². The minimum absolute atomic E-state index is 0.0679. The number of ether oxygens (including phenoxy) is 1. The molecule has 0 heterocycles. The fourth-order valence-electron chi connectivity index (χ4n) is 2.36. The van der Waals surface area contributed by atoms with Gasteiger partial charge in [0.2, 0.25) is 10.0 Å². The SMILES string of the molecule is COCCN(CCO)S(=O)(=O)c1c(C)cc(C)cc1C. The van der Waals surface area contributed by atoms with Gasteiger partial charge >= 0.3 is 0 Å². The van der Waals surface area contributed by atoms with Crippen LogP contribution in [-0.4, -0.2) is 51.2 Å². The minimum atomic E-state index is -3.62. The number of benzene rings is 1. The number of methoxy groups -OCH3 is 1. The Labute approximate surface area is 121 Å². The quantitative estimate of drug-likeness (QED) is 0.823. The zero-order valence-corrected chi connectivity index (χ0v) is 13.3. The molecule has 0 spiro atoms. The van der Waals surface area contributed by atoms with Gasteiger partial charge in [-0.1, -0.05) is 17.7 Å². The Kier molecular flexibility index (Phi) is 6.13. The number of hydrogen-bond donors (Lipinski definition) is 1. The summed E-state index contributed by atoms with van der Waals surface area (Å²) in [5.74, 6) is 0. The number of sulfonamides is 1. The van der Waals surface area contributed by atoms with Gasteiger partial charge in [0.1, 0.15) is 0 Å². The first-order valence-electron chi connectivity index (χ1n) is 6.52. The summed E-state index contributed by atoms with van der Waals surface area (Å²) in [4.78, 5) is 0.327. The molecule has 1 rings (SSSR count). The molecule has 0 saturated heterocycles. The molecule has 1 aromatic carbocycles. The van der Waals surface area contributed by atoms with E-state index in [4.69, 9.17) is 9.84 Å². The molecule has 0 aliphatic heterocycles. The molecule has 0 aliphatic rings. The molecular weight excluding hydrogens is 278 g/mol. The summed E-state index contributed by atoms with van der Waals surface area (Å²) < 4.78 is 31.7. The van der Waals surface area contributed by atoms with Crippen molar-refractivity contribution in [3.8, 4) is 0 Å². The van der Waals surface area contributed by atoms with Gasteiger partial charge in [0.15, 0.2) is 0 Å². The van der Waals surface area contributed by atoms with E-state index < -0.39 is 10.0 Å². The van der Waals surface area contributed by atoms with Gasteiger partial charge in [0, 0.05) is 20.2 Å². The van der Waals surface area contributed by atoms with Gasteiger partial charge in [0.05, 0.1) is 18.1 Å². The Hall–Kier alpha value is -0.950. The van der Waals surface area contributed by atoms with E-state index in [1.807, 2.05) is 19.1 Å². The highest BCUT2D eigenvalue weighted by atomic mass is 32.2. The van der Waals surface area contributed by atoms with Crippen LogP contribution < -0.4 is 0 Å². The van der Waals surface area contributed by atoms with Crippen molar-refractivity contribution in [2.75, 3.05) is 33.4 Å². The predicted octanol–water partition coefficient (Wildman–Crippen LogP) is 1.24. The molecule has 0 fully saturated rings. The monoisotopic (exact) mass is 301 g/mol. The topological polar surface area (TPSA) is 66.8 Å². The molecule has 0 aliphatic carbocycles. The molecule has 0 unspecified atom stereocenters. The third-order valence-electron chi connectivity index (χ3n) is 3.10. The highest BCUT2D eigenvalue weighted by Gasteiger charge is 2.27. The summed E-state index contributed by atoms with van der Waals surface area (Å²) in [6.45, 7) is 5.90. The third kappa shape index (κ3) is 3.79. The molecule has 0 atom stereocenters. The predicted molar refractivity (Wildman–Crippen MR) is 78.4 cm³/mol. The average Bonchev–Trinajstić information content (AvgIpc) is 2.32. The Balaban J connectivity index is 3.26. The number of rotatable bonds is 7. The third-order valence-corrected chi connectivity index (χ3v) is 5.30. The second-order valence-electron chi connectivity index (χ2n) is 4.85. The molecule has 0 radical (unpaired) electrons. The minimum Gasteiger partial charge on any atom is -0.395 e. The van der Waals surface area contributed by atoms with Crippen LogP contribution in [0.1, 0.15) is 16.7 Å². The van der Waals surface area contributed by atoms with Crippen molar-refractivity contribution >= 4 is 10.0 Å². The molecule has 0 aromatic heterocycles. The van der Waals surface area contributed by atoms with E-state index in [2.05, 4.69) is 0 Å². The summed E-state index contributed by atoms with van der Waals surface area (Å²) in [6.07, 6.45) is 0. The fourth-order valence-corrected chi connectivity index (χ4v) is 4.19. The molecule has 6 heteroatoms. The first-order valence-corrected chi connectivity index (χ1v) is 7.96. The zero-order valence-electron chi connectivity index (χ0n) is 12.5. The normalized spacial score (nSPS) is 12.1. The summed E-state index contributed by atoms with van der Waals surface area (Å²) >= 11 is 0. The van der Waals surface area contributed by atoms with Crippen LogP contribution in [0.3, 0.4) is 0 Å². The van der Waals surface area contributed by atoms with E-state index in [1.54, 1.807) is 13.8 Å². The average molecular weight is 301 g/mol.